The molecule has 108 valence electrons. The summed E-state index contributed by atoms with van der Waals surface area (Å²) in [5.41, 5.74) is 3.75. The van der Waals surface area contributed by atoms with Gasteiger partial charge in [0.25, 0.3) is 5.91 Å². The Bertz CT molecular complexity index is 844. The highest BCUT2D eigenvalue weighted by Gasteiger charge is 2.21. The number of hydrogen-bond donors (Lipinski definition) is 1. The number of thiazole rings is 1. The lowest BCUT2D eigenvalue weighted by atomic mass is 9.94. The van der Waals surface area contributed by atoms with Crippen LogP contribution in [-0.4, -0.2) is 20.9 Å². The van der Waals surface area contributed by atoms with Gasteiger partial charge in [0.15, 0.2) is 5.13 Å². The van der Waals surface area contributed by atoms with E-state index in [1.165, 1.54) is 45.9 Å². The number of amides is 1. The van der Waals surface area contributed by atoms with Gasteiger partial charge in [0.1, 0.15) is 5.69 Å². The topological polar surface area (TPSA) is 67.8 Å². The van der Waals surface area contributed by atoms with E-state index in [1.54, 1.807) is 0 Å². The molecule has 2 heterocycles. The quantitative estimate of drug-likeness (QED) is 0.790. The van der Waals surface area contributed by atoms with E-state index >= 15 is 0 Å². The number of nitrogens with zero attached hydrogens (tertiary/aromatic N) is 3. The van der Waals surface area contributed by atoms with Crippen LogP contribution in [-0.2, 0) is 12.8 Å². The third kappa shape index (κ3) is 2.27. The summed E-state index contributed by atoms with van der Waals surface area (Å²) < 4.78 is 0. The van der Waals surface area contributed by atoms with E-state index in [2.05, 4.69) is 32.4 Å². The molecule has 1 N–H and O–H groups in total. The van der Waals surface area contributed by atoms with Gasteiger partial charge in [-0.1, -0.05) is 24.3 Å². The molecule has 1 aliphatic rings. The second-order valence-corrected chi connectivity index (χ2v) is 6.08. The van der Waals surface area contributed by atoms with Crippen LogP contribution in [0, 0.1) is 0 Å². The van der Waals surface area contributed by atoms with Crippen LogP contribution in [0.3, 0.4) is 0 Å². The van der Waals surface area contributed by atoms with Gasteiger partial charge >= 0.3 is 0 Å². The Balaban J connectivity index is 1.64. The van der Waals surface area contributed by atoms with Crippen molar-refractivity contribution >= 4 is 22.4 Å². The molecule has 6 heteroatoms. The maximum Gasteiger partial charge on any atom is 0.277 e. The molecule has 0 saturated heterocycles. The van der Waals surface area contributed by atoms with Gasteiger partial charge < -0.3 is 0 Å². The highest BCUT2D eigenvalue weighted by Crippen LogP contribution is 2.37. The van der Waals surface area contributed by atoms with Gasteiger partial charge in [0.05, 0.1) is 11.9 Å². The number of carbonyl (C=O) groups is 1. The van der Waals surface area contributed by atoms with Crippen molar-refractivity contribution in [2.24, 2.45) is 0 Å². The number of fused-ring (bicyclic) bond motifs is 3. The largest absolute Gasteiger partial charge is 0.296 e. The summed E-state index contributed by atoms with van der Waals surface area (Å²) in [6.45, 7) is 0. The molecule has 0 fully saturated rings. The van der Waals surface area contributed by atoms with Crippen LogP contribution >= 0.6 is 11.3 Å². The molecule has 0 spiro atoms. The standard InChI is InChI=1S/C16H12N4OS/c21-15(12-9-17-7-8-18-12)20-16-19-14-11-4-2-1-3-10(11)5-6-13(14)22-16/h1-4,7-9H,5-6H2,(H,19,20,21). The van der Waals surface area contributed by atoms with Gasteiger partial charge in [-0.3, -0.25) is 15.1 Å². The van der Waals surface area contributed by atoms with Crippen LogP contribution < -0.4 is 5.32 Å². The van der Waals surface area contributed by atoms with E-state index in [9.17, 15) is 4.79 Å². The summed E-state index contributed by atoms with van der Waals surface area (Å²) in [6, 6.07) is 8.29. The number of rotatable bonds is 2. The van der Waals surface area contributed by atoms with E-state index in [0.717, 1.165) is 18.5 Å². The Morgan fingerprint density at radius 3 is 2.95 bits per heavy atom. The van der Waals surface area contributed by atoms with E-state index in [-0.39, 0.29) is 11.6 Å². The summed E-state index contributed by atoms with van der Waals surface area (Å²) in [7, 11) is 0. The lowest BCUT2D eigenvalue weighted by Gasteiger charge is -2.13. The Hall–Kier alpha value is -2.60. The van der Waals surface area contributed by atoms with Crippen molar-refractivity contribution in [3.63, 3.8) is 0 Å². The molecule has 4 rings (SSSR count). The molecule has 22 heavy (non-hydrogen) atoms. The van der Waals surface area contributed by atoms with Gasteiger partial charge in [-0.15, -0.1) is 11.3 Å². The molecule has 3 aromatic rings. The highest BCUT2D eigenvalue weighted by atomic mass is 32.1. The van der Waals surface area contributed by atoms with E-state index in [4.69, 9.17) is 0 Å². The predicted molar refractivity (Wildman–Crippen MR) is 84.9 cm³/mol. The van der Waals surface area contributed by atoms with Crippen molar-refractivity contribution in [3.8, 4) is 11.3 Å². The zero-order valence-corrected chi connectivity index (χ0v) is 12.4. The van der Waals surface area contributed by atoms with Crippen LogP contribution in [0.25, 0.3) is 11.3 Å². The number of hydrogen-bond acceptors (Lipinski definition) is 5. The van der Waals surface area contributed by atoms with Crippen molar-refractivity contribution in [1.82, 2.24) is 15.0 Å². The van der Waals surface area contributed by atoms with Crippen LogP contribution in [0.2, 0.25) is 0 Å². The van der Waals surface area contributed by atoms with Crippen LogP contribution in [0.5, 0.6) is 0 Å². The lowest BCUT2D eigenvalue weighted by Crippen LogP contribution is -2.13. The van der Waals surface area contributed by atoms with Crippen LogP contribution in [0.4, 0.5) is 5.13 Å². The summed E-state index contributed by atoms with van der Waals surface area (Å²) in [5.74, 6) is -0.285. The smallest absolute Gasteiger partial charge is 0.277 e. The van der Waals surface area contributed by atoms with Gasteiger partial charge in [-0.2, -0.15) is 0 Å². The van der Waals surface area contributed by atoms with Crippen molar-refractivity contribution in [3.05, 3.63) is 59.0 Å². The SMILES string of the molecule is O=C(Nc1nc2c(s1)CCc1ccccc1-2)c1cnccn1. The number of benzene rings is 1. The molecule has 0 atom stereocenters. The fourth-order valence-electron chi connectivity index (χ4n) is 2.58. The summed E-state index contributed by atoms with van der Waals surface area (Å²) in [6.07, 6.45) is 6.46. The third-order valence-corrected chi connectivity index (χ3v) is 4.64. The minimum atomic E-state index is -0.285. The second-order valence-electron chi connectivity index (χ2n) is 4.99. The van der Waals surface area contributed by atoms with Crippen LogP contribution in [0.1, 0.15) is 20.9 Å². The zero-order valence-electron chi connectivity index (χ0n) is 11.6. The van der Waals surface area contributed by atoms with Crippen LogP contribution in [0.15, 0.2) is 42.9 Å². The van der Waals surface area contributed by atoms with E-state index in [1.807, 2.05) is 12.1 Å². The summed E-state index contributed by atoms with van der Waals surface area (Å²) in [4.78, 5) is 25.8. The number of carbonyl (C=O) groups excluding carboxylic acids is 1. The first-order valence-electron chi connectivity index (χ1n) is 6.96. The summed E-state index contributed by atoms with van der Waals surface area (Å²) in [5, 5.41) is 3.42. The Morgan fingerprint density at radius 1 is 1.18 bits per heavy atom. The van der Waals surface area contributed by atoms with Gasteiger partial charge in [-0.05, 0) is 18.4 Å². The first-order valence-corrected chi connectivity index (χ1v) is 7.78. The summed E-state index contributed by atoms with van der Waals surface area (Å²) >= 11 is 1.53. The molecule has 1 aromatic carbocycles. The minimum absolute atomic E-state index is 0.285. The highest BCUT2D eigenvalue weighted by molar-refractivity contribution is 7.16. The number of nitrogens with one attached hydrogen (secondary N) is 1. The van der Waals surface area contributed by atoms with Crippen molar-refractivity contribution in [2.75, 3.05) is 5.32 Å². The fraction of sp³-hybridized carbons (Fsp3) is 0.125. The van der Waals surface area contributed by atoms with Crippen molar-refractivity contribution in [2.45, 2.75) is 12.8 Å². The van der Waals surface area contributed by atoms with E-state index < -0.39 is 0 Å². The molecule has 1 amide bonds. The Kier molecular flexibility index (Phi) is 3.16. The van der Waals surface area contributed by atoms with E-state index in [0.29, 0.717) is 5.13 Å². The fourth-order valence-corrected chi connectivity index (χ4v) is 3.55. The van der Waals surface area contributed by atoms with Gasteiger partial charge in [0.2, 0.25) is 0 Å². The molecule has 1 aliphatic carbocycles. The number of aromatic nitrogens is 3. The molecule has 5 nitrogen and oxygen atoms in total. The second kappa shape index (κ2) is 5.31. The monoisotopic (exact) mass is 308 g/mol. The number of aryl methyl sites for hydroxylation is 2. The molecule has 2 aromatic heterocycles. The molecular weight excluding hydrogens is 296 g/mol. The minimum Gasteiger partial charge on any atom is -0.296 e. The number of anilines is 1. The van der Waals surface area contributed by atoms with Crippen molar-refractivity contribution in [1.29, 1.82) is 0 Å². The molecular formula is C16H12N4OS. The molecule has 0 aliphatic heterocycles. The zero-order chi connectivity index (χ0) is 14.9. The molecule has 0 radical (unpaired) electrons. The lowest BCUT2D eigenvalue weighted by molar-refractivity contribution is 0.102. The first kappa shape index (κ1) is 13.1. The molecule has 0 bridgehead atoms. The maximum absolute atomic E-state index is 12.1. The van der Waals surface area contributed by atoms with Crippen molar-refractivity contribution < 1.29 is 4.79 Å². The molecule has 0 unspecified atom stereocenters. The third-order valence-electron chi connectivity index (χ3n) is 3.61. The normalized spacial score (nSPS) is 12.4. The predicted octanol–water partition coefficient (Wildman–Crippen LogP) is 2.95. The Labute approximate surface area is 131 Å². The maximum atomic E-state index is 12.1. The average Bonchev–Trinajstić information content (AvgIpc) is 2.98. The Morgan fingerprint density at radius 2 is 2.09 bits per heavy atom. The molecule has 0 saturated carbocycles. The average molecular weight is 308 g/mol. The first-order chi connectivity index (χ1) is 10.8. The van der Waals surface area contributed by atoms with Gasteiger partial charge in [0, 0.05) is 22.8 Å². The van der Waals surface area contributed by atoms with Gasteiger partial charge in [-0.25, -0.2) is 9.97 Å².